The molecule has 0 amide bonds. The Morgan fingerprint density at radius 2 is 1.77 bits per heavy atom. The molecular formula is C18H29F3IN5O2S. The monoisotopic (exact) mass is 563 g/mol. The van der Waals surface area contributed by atoms with E-state index in [0.717, 1.165) is 11.3 Å². The predicted molar refractivity (Wildman–Crippen MR) is 124 cm³/mol. The minimum atomic E-state index is -5.26. The quantitative estimate of drug-likeness (QED) is 0.317. The molecule has 172 valence electrons. The maximum absolute atomic E-state index is 12.7. The molecule has 1 heterocycles. The number of anilines is 1. The topological polar surface area (TPSA) is 77.0 Å². The first kappa shape index (κ1) is 26.8. The van der Waals surface area contributed by atoms with Gasteiger partial charge in [0.05, 0.1) is 6.54 Å². The summed E-state index contributed by atoms with van der Waals surface area (Å²) in [6.45, 7) is 2.65. The molecule has 0 radical (unpaired) electrons. The number of guanidine groups is 1. The van der Waals surface area contributed by atoms with E-state index in [0.29, 0.717) is 23.4 Å². The number of hydrogen-bond acceptors (Lipinski definition) is 4. The summed E-state index contributed by atoms with van der Waals surface area (Å²) < 4.78 is 61.5. The first-order valence-corrected chi connectivity index (χ1v) is 10.9. The van der Waals surface area contributed by atoms with Crippen molar-refractivity contribution >= 4 is 45.6 Å². The van der Waals surface area contributed by atoms with Crippen LogP contribution >= 0.6 is 24.0 Å². The van der Waals surface area contributed by atoms with Gasteiger partial charge in [0.25, 0.3) is 0 Å². The number of rotatable bonds is 6. The summed E-state index contributed by atoms with van der Waals surface area (Å²) in [5.74, 6) is 0.557. The highest BCUT2D eigenvalue weighted by atomic mass is 127. The SMILES string of the molecule is CCNC(=NCc1ccc(N(C)C)cc1)NC1CCN(S(=O)(=O)C(F)(F)F)CC1.I. The zero-order valence-corrected chi connectivity index (χ0v) is 20.4. The van der Waals surface area contributed by atoms with Crippen LogP contribution in [-0.4, -0.2) is 64.0 Å². The fraction of sp³-hybridized carbons (Fsp3) is 0.611. The van der Waals surface area contributed by atoms with Gasteiger partial charge in [0.15, 0.2) is 5.96 Å². The molecule has 0 atom stereocenters. The fourth-order valence-electron chi connectivity index (χ4n) is 2.97. The number of nitrogens with zero attached hydrogens (tertiary/aromatic N) is 3. The van der Waals surface area contributed by atoms with E-state index in [4.69, 9.17) is 0 Å². The van der Waals surface area contributed by atoms with Crippen molar-refractivity contribution in [3.05, 3.63) is 29.8 Å². The van der Waals surface area contributed by atoms with Crippen LogP contribution in [0, 0.1) is 0 Å². The van der Waals surface area contributed by atoms with E-state index in [-0.39, 0.29) is 55.9 Å². The van der Waals surface area contributed by atoms with Gasteiger partial charge in [-0.1, -0.05) is 12.1 Å². The Morgan fingerprint density at radius 3 is 2.23 bits per heavy atom. The number of hydrogen-bond donors (Lipinski definition) is 2. The Kier molecular flexibility index (Phi) is 10.1. The third-order valence-corrected chi connectivity index (χ3v) is 6.27. The van der Waals surface area contributed by atoms with Crippen molar-refractivity contribution in [2.24, 2.45) is 4.99 Å². The molecule has 7 nitrogen and oxygen atoms in total. The van der Waals surface area contributed by atoms with Crippen LogP contribution in [0.2, 0.25) is 0 Å². The molecule has 2 rings (SSSR count). The number of aliphatic imine (C=N–C) groups is 1. The molecule has 0 saturated carbocycles. The molecule has 0 bridgehead atoms. The molecule has 0 aromatic heterocycles. The summed E-state index contributed by atoms with van der Waals surface area (Å²) >= 11 is 0. The molecule has 1 aliphatic heterocycles. The Balaban J connectivity index is 0.00000450. The minimum absolute atomic E-state index is 0. The van der Waals surface area contributed by atoms with Gasteiger partial charge in [-0.2, -0.15) is 17.5 Å². The van der Waals surface area contributed by atoms with Gasteiger partial charge in [0, 0.05) is 45.5 Å². The van der Waals surface area contributed by atoms with Crippen LogP contribution in [-0.2, 0) is 16.6 Å². The lowest BCUT2D eigenvalue weighted by Gasteiger charge is -2.32. The average molecular weight is 563 g/mol. The van der Waals surface area contributed by atoms with E-state index in [1.165, 1.54) is 0 Å². The first-order valence-electron chi connectivity index (χ1n) is 9.42. The number of alkyl halides is 3. The molecule has 1 aromatic rings. The Bertz CT molecular complexity index is 793. The van der Waals surface area contributed by atoms with Crippen molar-refractivity contribution in [3.8, 4) is 0 Å². The molecule has 1 saturated heterocycles. The van der Waals surface area contributed by atoms with E-state index >= 15 is 0 Å². The smallest absolute Gasteiger partial charge is 0.378 e. The molecule has 1 fully saturated rings. The highest BCUT2D eigenvalue weighted by molar-refractivity contribution is 14.0. The van der Waals surface area contributed by atoms with Crippen LogP contribution in [0.3, 0.4) is 0 Å². The van der Waals surface area contributed by atoms with Crippen molar-refractivity contribution in [2.75, 3.05) is 38.6 Å². The second kappa shape index (κ2) is 11.4. The summed E-state index contributed by atoms with van der Waals surface area (Å²) in [4.78, 5) is 6.53. The first-order chi connectivity index (χ1) is 13.5. The van der Waals surface area contributed by atoms with Gasteiger partial charge < -0.3 is 15.5 Å². The Hall–Kier alpha value is -1.28. The fourth-order valence-corrected chi connectivity index (χ4v) is 3.95. The number of nitrogens with one attached hydrogen (secondary N) is 2. The van der Waals surface area contributed by atoms with Crippen molar-refractivity contribution in [1.82, 2.24) is 14.9 Å². The van der Waals surface area contributed by atoms with Crippen molar-refractivity contribution in [3.63, 3.8) is 0 Å². The standard InChI is InChI=1S/C18H28F3N5O2S.HI/c1-4-22-17(23-13-14-5-7-16(8-6-14)25(2)3)24-15-9-11-26(12-10-15)29(27,28)18(19,20)21;/h5-8,15H,4,9-13H2,1-3H3,(H2,22,23,24);1H. The lowest BCUT2D eigenvalue weighted by molar-refractivity contribution is -0.0494. The second-order valence-corrected chi connectivity index (χ2v) is 8.95. The number of benzene rings is 1. The highest BCUT2D eigenvalue weighted by Crippen LogP contribution is 2.28. The Morgan fingerprint density at radius 1 is 1.20 bits per heavy atom. The zero-order chi connectivity index (χ0) is 21.7. The molecule has 30 heavy (non-hydrogen) atoms. The molecule has 1 aliphatic rings. The van der Waals surface area contributed by atoms with Crippen LogP contribution < -0.4 is 15.5 Å². The third kappa shape index (κ3) is 7.15. The zero-order valence-electron chi connectivity index (χ0n) is 17.2. The second-order valence-electron chi connectivity index (χ2n) is 7.02. The highest BCUT2D eigenvalue weighted by Gasteiger charge is 2.50. The van der Waals surface area contributed by atoms with E-state index in [1.807, 2.05) is 50.2 Å². The summed E-state index contributed by atoms with van der Waals surface area (Å²) in [6.07, 6.45) is 0.550. The molecule has 0 spiro atoms. The molecule has 2 N–H and O–H groups in total. The van der Waals surface area contributed by atoms with E-state index in [1.54, 1.807) is 0 Å². The van der Waals surface area contributed by atoms with Gasteiger partial charge in [-0.15, -0.1) is 24.0 Å². The number of piperidine rings is 1. The van der Waals surface area contributed by atoms with Gasteiger partial charge in [0.2, 0.25) is 0 Å². The molecule has 1 aromatic carbocycles. The maximum atomic E-state index is 12.7. The summed E-state index contributed by atoms with van der Waals surface area (Å²) in [5.41, 5.74) is -3.14. The van der Waals surface area contributed by atoms with Crippen molar-refractivity contribution < 1.29 is 21.6 Å². The van der Waals surface area contributed by atoms with Gasteiger partial charge in [-0.3, -0.25) is 0 Å². The third-order valence-electron chi connectivity index (χ3n) is 4.64. The number of halogens is 4. The van der Waals surface area contributed by atoms with Gasteiger partial charge >= 0.3 is 15.5 Å². The van der Waals surface area contributed by atoms with Gasteiger partial charge in [-0.05, 0) is 37.5 Å². The van der Waals surface area contributed by atoms with E-state index < -0.39 is 15.5 Å². The average Bonchev–Trinajstić information content (AvgIpc) is 2.66. The van der Waals surface area contributed by atoms with Crippen LogP contribution in [0.25, 0.3) is 0 Å². The molecule has 0 unspecified atom stereocenters. The minimum Gasteiger partial charge on any atom is -0.378 e. The lowest BCUT2D eigenvalue weighted by Crippen LogP contribution is -2.51. The van der Waals surface area contributed by atoms with Crippen molar-refractivity contribution in [2.45, 2.75) is 37.9 Å². The largest absolute Gasteiger partial charge is 0.511 e. The maximum Gasteiger partial charge on any atom is 0.511 e. The summed E-state index contributed by atoms with van der Waals surface area (Å²) in [6, 6.07) is 7.83. The van der Waals surface area contributed by atoms with Gasteiger partial charge in [-0.25, -0.2) is 13.4 Å². The van der Waals surface area contributed by atoms with Gasteiger partial charge in [0.1, 0.15) is 0 Å². The van der Waals surface area contributed by atoms with Crippen LogP contribution in [0.15, 0.2) is 29.3 Å². The lowest BCUT2D eigenvalue weighted by atomic mass is 10.1. The van der Waals surface area contributed by atoms with E-state index in [9.17, 15) is 21.6 Å². The van der Waals surface area contributed by atoms with Crippen LogP contribution in [0.5, 0.6) is 0 Å². The Labute approximate surface area is 193 Å². The molecule has 12 heteroatoms. The summed E-state index contributed by atoms with van der Waals surface area (Å²) in [5, 5.41) is 6.31. The molecular weight excluding hydrogens is 534 g/mol. The molecule has 0 aliphatic carbocycles. The van der Waals surface area contributed by atoms with Crippen LogP contribution in [0.4, 0.5) is 18.9 Å². The normalized spacial score (nSPS) is 16.7. The summed E-state index contributed by atoms with van der Waals surface area (Å²) in [7, 11) is -1.33. The van der Waals surface area contributed by atoms with Crippen molar-refractivity contribution in [1.29, 1.82) is 0 Å². The van der Waals surface area contributed by atoms with Crippen LogP contribution in [0.1, 0.15) is 25.3 Å². The van der Waals surface area contributed by atoms with E-state index in [2.05, 4.69) is 15.6 Å². The number of sulfonamides is 1. The predicted octanol–water partition coefficient (Wildman–Crippen LogP) is 2.74.